The molecule has 0 radical (unpaired) electrons. The summed E-state index contributed by atoms with van der Waals surface area (Å²) in [5.41, 5.74) is 2.89. The third-order valence-corrected chi connectivity index (χ3v) is 8.55. The van der Waals surface area contributed by atoms with Gasteiger partial charge in [-0.1, -0.05) is 91.0 Å². The quantitative estimate of drug-likeness (QED) is 0.559. The molecule has 136 valence electrons. The van der Waals surface area contributed by atoms with E-state index in [4.69, 9.17) is 0 Å². The Morgan fingerprint density at radius 3 is 1.85 bits per heavy atom. The second kappa shape index (κ2) is 7.56. The van der Waals surface area contributed by atoms with E-state index in [0.717, 1.165) is 0 Å². The van der Waals surface area contributed by atoms with Gasteiger partial charge >= 0.3 is 0 Å². The maximum atomic E-state index is 2.81. The van der Waals surface area contributed by atoms with Gasteiger partial charge in [0.2, 0.25) is 0 Å². The van der Waals surface area contributed by atoms with Crippen molar-refractivity contribution >= 4 is 13.4 Å². The van der Waals surface area contributed by atoms with Crippen molar-refractivity contribution in [2.24, 2.45) is 0 Å². The fourth-order valence-electron chi connectivity index (χ4n) is 4.56. The van der Waals surface area contributed by atoms with Crippen LogP contribution in [0, 0.1) is 0 Å². The average Bonchev–Trinajstić information content (AvgIpc) is 2.90. The highest BCUT2D eigenvalue weighted by atomic mass is 31.1. The summed E-state index contributed by atoms with van der Waals surface area (Å²) < 4.78 is 2.81. The fraction of sp³-hybridized carbons (Fsp3) is 0.250. The molecular formula is C24H25N2P. The molecule has 2 bridgehead atoms. The molecule has 3 aromatic rings. The molecular weight excluding hydrogens is 347 g/mol. The molecule has 27 heavy (non-hydrogen) atoms. The molecule has 0 spiro atoms. The minimum atomic E-state index is -0.441. The summed E-state index contributed by atoms with van der Waals surface area (Å²) in [6, 6.07) is 33.5. The van der Waals surface area contributed by atoms with Gasteiger partial charge in [0.15, 0.2) is 0 Å². The Hall–Kier alpha value is -1.99. The van der Waals surface area contributed by atoms with Gasteiger partial charge in [0, 0.05) is 21.2 Å². The molecule has 5 rings (SSSR count). The van der Waals surface area contributed by atoms with E-state index in [0.29, 0.717) is 11.9 Å². The van der Waals surface area contributed by atoms with Gasteiger partial charge in [0.1, 0.15) is 0 Å². The molecule has 2 fully saturated rings. The van der Waals surface area contributed by atoms with Crippen LogP contribution >= 0.6 is 8.07 Å². The maximum Gasteiger partial charge on any atom is 0.0930 e. The topological polar surface area (TPSA) is 6.48 Å². The predicted octanol–water partition coefficient (Wildman–Crippen LogP) is 5.52. The van der Waals surface area contributed by atoms with Crippen LogP contribution in [0.5, 0.6) is 0 Å². The highest BCUT2D eigenvalue weighted by Crippen LogP contribution is 2.66. The summed E-state index contributed by atoms with van der Waals surface area (Å²) in [5, 5.41) is 1.49. The largest absolute Gasteiger partial charge is 0.271 e. The first-order chi connectivity index (χ1) is 13.4. The Morgan fingerprint density at radius 2 is 1.19 bits per heavy atom. The van der Waals surface area contributed by atoms with E-state index >= 15 is 0 Å². The minimum absolute atomic E-state index is 0.380. The number of rotatable bonds is 3. The van der Waals surface area contributed by atoms with Crippen LogP contribution in [0.1, 0.15) is 35.9 Å². The molecule has 5 atom stereocenters. The summed E-state index contributed by atoms with van der Waals surface area (Å²) in [6.45, 7) is 2.35. The van der Waals surface area contributed by atoms with Gasteiger partial charge in [-0.05, 0) is 29.3 Å². The zero-order valence-electron chi connectivity index (χ0n) is 15.5. The normalized spacial score (nSPS) is 30.0. The van der Waals surface area contributed by atoms with Crippen molar-refractivity contribution in [2.75, 3.05) is 13.1 Å². The van der Waals surface area contributed by atoms with E-state index in [1.54, 1.807) is 0 Å². The van der Waals surface area contributed by atoms with Crippen LogP contribution in [-0.4, -0.2) is 22.7 Å². The number of benzene rings is 3. The predicted molar refractivity (Wildman–Crippen MR) is 114 cm³/mol. The lowest BCUT2D eigenvalue weighted by Gasteiger charge is -2.31. The van der Waals surface area contributed by atoms with Crippen LogP contribution in [0.2, 0.25) is 0 Å². The molecule has 2 saturated heterocycles. The summed E-state index contributed by atoms with van der Waals surface area (Å²) in [7, 11) is -0.441. The van der Waals surface area contributed by atoms with E-state index in [-0.39, 0.29) is 0 Å². The molecule has 2 aliphatic rings. The molecule has 2 heterocycles. The molecule has 0 aliphatic carbocycles. The van der Waals surface area contributed by atoms with Crippen LogP contribution in [-0.2, 0) is 0 Å². The second-order valence-corrected chi connectivity index (χ2v) is 9.57. The number of fused-ring (bicyclic) bond motifs is 2. The first-order valence-electron chi connectivity index (χ1n) is 9.90. The molecule has 3 heteroatoms. The van der Waals surface area contributed by atoms with Gasteiger partial charge in [-0.15, -0.1) is 0 Å². The monoisotopic (exact) mass is 372 g/mol. The summed E-state index contributed by atoms with van der Waals surface area (Å²) in [4.78, 5) is 2.77. The van der Waals surface area contributed by atoms with Crippen LogP contribution in [0.3, 0.4) is 0 Å². The summed E-state index contributed by atoms with van der Waals surface area (Å²) in [6.07, 6.45) is 2.94. The smallest absolute Gasteiger partial charge is 0.0930 e. The first kappa shape index (κ1) is 17.1. The third-order valence-electron chi connectivity index (χ3n) is 5.69. The van der Waals surface area contributed by atoms with E-state index in [1.807, 2.05) is 0 Å². The zero-order chi connectivity index (χ0) is 18.1. The van der Waals surface area contributed by atoms with Crippen LogP contribution in [0.15, 0.2) is 91.0 Å². The Kier molecular flexibility index (Phi) is 4.80. The maximum absolute atomic E-state index is 2.81. The fourth-order valence-corrected chi connectivity index (χ4v) is 7.74. The Balaban J connectivity index is 1.67. The highest BCUT2D eigenvalue weighted by molar-refractivity contribution is 7.63. The standard InChI is InChI=1S/C24H25N2P/c1-4-12-20(13-5-1)23-25-18-10-11-19-26(23)27(22-16-8-3-9-17-22)24(25)21-14-6-2-7-15-21/h1-9,12-17,23-24H,10-11,18-19H2. The van der Waals surface area contributed by atoms with Crippen LogP contribution in [0.25, 0.3) is 0 Å². The van der Waals surface area contributed by atoms with Gasteiger partial charge < -0.3 is 0 Å². The van der Waals surface area contributed by atoms with Crippen LogP contribution < -0.4 is 5.30 Å². The average molecular weight is 372 g/mol. The molecule has 0 saturated carbocycles. The van der Waals surface area contributed by atoms with Crippen molar-refractivity contribution < 1.29 is 0 Å². The Bertz CT molecular complexity index is 813. The number of hydrogen-bond acceptors (Lipinski definition) is 2. The summed E-state index contributed by atoms with van der Waals surface area (Å²) in [5.74, 6) is 0.453. The van der Waals surface area contributed by atoms with Gasteiger partial charge in [-0.3, -0.25) is 9.57 Å². The molecule has 3 aromatic carbocycles. The molecule has 2 aliphatic heterocycles. The van der Waals surface area contributed by atoms with Crippen molar-refractivity contribution in [1.29, 1.82) is 0 Å². The minimum Gasteiger partial charge on any atom is -0.271 e. The molecule has 2 nitrogen and oxygen atoms in total. The van der Waals surface area contributed by atoms with Gasteiger partial charge in [-0.25, -0.2) is 0 Å². The molecule has 0 N–H and O–H groups in total. The van der Waals surface area contributed by atoms with E-state index < -0.39 is 8.07 Å². The Morgan fingerprint density at radius 1 is 0.630 bits per heavy atom. The molecule has 0 amide bonds. The first-order valence-corrected chi connectivity index (χ1v) is 11.3. The SMILES string of the molecule is c1ccc(C2N3CCCCN2P(c2ccccc2)C3c2ccccc2)cc1. The number of hydrogen-bond donors (Lipinski definition) is 0. The molecule has 5 unspecified atom stereocenters. The Labute approximate surface area is 163 Å². The summed E-state index contributed by atoms with van der Waals surface area (Å²) >= 11 is 0. The lowest BCUT2D eigenvalue weighted by Crippen LogP contribution is -2.29. The zero-order valence-corrected chi connectivity index (χ0v) is 16.4. The van der Waals surface area contributed by atoms with Crippen molar-refractivity contribution in [2.45, 2.75) is 24.8 Å². The van der Waals surface area contributed by atoms with Gasteiger partial charge in [0.05, 0.1) is 11.9 Å². The van der Waals surface area contributed by atoms with Crippen molar-refractivity contribution in [3.05, 3.63) is 102 Å². The van der Waals surface area contributed by atoms with Crippen molar-refractivity contribution in [3.63, 3.8) is 0 Å². The van der Waals surface area contributed by atoms with Crippen molar-refractivity contribution in [3.8, 4) is 0 Å². The van der Waals surface area contributed by atoms with Crippen LogP contribution in [0.4, 0.5) is 0 Å². The van der Waals surface area contributed by atoms with E-state index in [9.17, 15) is 0 Å². The third kappa shape index (κ3) is 3.12. The molecule has 0 aromatic heterocycles. The highest BCUT2D eigenvalue weighted by Gasteiger charge is 2.49. The van der Waals surface area contributed by atoms with E-state index in [2.05, 4.69) is 101 Å². The van der Waals surface area contributed by atoms with Crippen molar-refractivity contribution in [1.82, 2.24) is 9.57 Å². The van der Waals surface area contributed by atoms with Gasteiger partial charge in [-0.2, -0.15) is 0 Å². The second-order valence-electron chi connectivity index (χ2n) is 7.36. The lowest BCUT2D eigenvalue weighted by molar-refractivity contribution is 0.148. The lowest BCUT2D eigenvalue weighted by atomic mass is 10.1. The van der Waals surface area contributed by atoms with E-state index in [1.165, 1.54) is 42.4 Å². The van der Waals surface area contributed by atoms with Gasteiger partial charge in [0.25, 0.3) is 0 Å². The number of nitrogens with zero attached hydrogens (tertiary/aromatic N) is 2.